The molecule has 0 atom stereocenters. The number of nitrogens with zero attached hydrogens (tertiary/aromatic N) is 2. The van der Waals surface area contributed by atoms with Crippen LogP contribution in [-0.4, -0.2) is 17.0 Å². The molecular weight excluding hydrogens is 262 g/mol. The molecule has 2 rings (SSSR count). The van der Waals surface area contributed by atoms with Crippen molar-refractivity contribution in [2.75, 3.05) is 12.4 Å². The first kappa shape index (κ1) is 13.6. The maximum Gasteiger partial charge on any atom is 0.222 e. The number of anilines is 1. The molecule has 4 nitrogen and oxygen atoms in total. The molecule has 0 spiro atoms. The van der Waals surface area contributed by atoms with Gasteiger partial charge in [-0.05, 0) is 31.5 Å². The van der Waals surface area contributed by atoms with Gasteiger partial charge in [0.05, 0.1) is 5.56 Å². The number of halogens is 1. The average molecular weight is 278 g/mol. The fourth-order valence-electron chi connectivity index (χ4n) is 1.72. The van der Waals surface area contributed by atoms with Gasteiger partial charge in [-0.25, -0.2) is 4.98 Å². The highest BCUT2D eigenvalue weighted by Crippen LogP contribution is 2.22. The Kier molecular flexibility index (Phi) is 4.22. The van der Waals surface area contributed by atoms with Crippen LogP contribution in [0.25, 0.3) is 0 Å². The predicted octanol–water partition coefficient (Wildman–Crippen LogP) is 3.37. The summed E-state index contributed by atoms with van der Waals surface area (Å²) in [6.07, 6.45) is 0. The first-order valence-corrected chi connectivity index (χ1v) is 6.38. The van der Waals surface area contributed by atoms with Gasteiger partial charge in [0, 0.05) is 12.1 Å². The molecule has 0 fully saturated rings. The molecule has 0 unspecified atom stereocenters. The van der Waals surface area contributed by atoms with Crippen LogP contribution in [0.3, 0.4) is 0 Å². The maximum atomic E-state index is 5.84. The molecule has 0 radical (unpaired) electrons. The van der Waals surface area contributed by atoms with Crippen LogP contribution < -0.4 is 10.1 Å². The molecule has 1 heterocycles. The van der Waals surface area contributed by atoms with E-state index in [0.717, 1.165) is 22.0 Å². The Labute approximate surface area is 117 Å². The zero-order valence-corrected chi connectivity index (χ0v) is 12.0. The van der Waals surface area contributed by atoms with Crippen LogP contribution in [0.4, 0.5) is 5.82 Å². The molecule has 1 aromatic heterocycles. The lowest BCUT2D eigenvalue weighted by Gasteiger charge is -2.12. The van der Waals surface area contributed by atoms with Gasteiger partial charge in [0.25, 0.3) is 0 Å². The Morgan fingerprint density at radius 2 is 1.84 bits per heavy atom. The van der Waals surface area contributed by atoms with Gasteiger partial charge in [0.15, 0.2) is 0 Å². The van der Waals surface area contributed by atoms with Crippen LogP contribution in [-0.2, 0) is 6.61 Å². The van der Waals surface area contributed by atoms with Crippen LogP contribution in [0, 0.1) is 13.8 Å². The van der Waals surface area contributed by atoms with E-state index >= 15 is 0 Å². The fourth-order valence-corrected chi connectivity index (χ4v) is 1.84. The van der Waals surface area contributed by atoms with Crippen molar-refractivity contribution in [1.29, 1.82) is 0 Å². The van der Waals surface area contributed by atoms with Gasteiger partial charge in [-0.3, -0.25) is 0 Å². The van der Waals surface area contributed by atoms with Gasteiger partial charge in [0.1, 0.15) is 18.2 Å². The topological polar surface area (TPSA) is 47.0 Å². The molecule has 1 N–H and O–H groups in total. The summed E-state index contributed by atoms with van der Waals surface area (Å²) in [5.41, 5.74) is 1.95. The minimum Gasteiger partial charge on any atom is -0.472 e. The van der Waals surface area contributed by atoms with Crippen molar-refractivity contribution in [3.63, 3.8) is 0 Å². The van der Waals surface area contributed by atoms with E-state index in [-0.39, 0.29) is 0 Å². The Hall–Kier alpha value is -1.81. The van der Waals surface area contributed by atoms with Crippen LogP contribution in [0.15, 0.2) is 24.3 Å². The highest BCUT2D eigenvalue weighted by Gasteiger charge is 2.09. The molecule has 1 aromatic carbocycles. The molecule has 0 aliphatic rings. The molecule has 2 aromatic rings. The van der Waals surface area contributed by atoms with Gasteiger partial charge < -0.3 is 10.1 Å². The summed E-state index contributed by atoms with van der Waals surface area (Å²) in [5, 5.41) is 3.75. The van der Waals surface area contributed by atoms with Crippen molar-refractivity contribution in [3.8, 4) is 5.88 Å². The largest absolute Gasteiger partial charge is 0.472 e. The summed E-state index contributed by atoms with van der Waals surface area (Å²) < 4.78 is 5.75. The first-order valence-electron chi connectivity index (χ1n) is 6.00. The van der Waals surface area contributed by atoms with Gasteiger partial charge in [-0.1, -0.05) is 23.7 Å². The highest BCUT2D eigenvalue weighted by atomic mass is 35.5. The van der Waals surface area contributed by atoms with E-state index in [1.165, 1.54) is 0 Å². The van der Waals surface area contributed by atoms with Crippen molar-refractivity contribution in [2.24, 2.45) is 0 Å². The summed E-state index contributed by atoms with van der Waals surface area (Å²) in [6, 6.07) is 7.56. The van der Waals surface area contributed by atoms with Crippen LogP contribution in [0.5, 0.6) is 5.88 Å². The van der Waals surface area contributed by atoms with E-state index in [1.807, 2.05) is 45.2 Å². The number of aromatic nitrogens is 2. The Morgan fingerprint density at radius 1 is 1.16 bits per heavy atom. The molecule has 0 aliphatic carbocycles. The van der Waals surface area contributed by atoms with Gasteiger partial charge in [-0.2, -0.15) is 4.98 Å². The molecule has 0 bridgehead atoms. The number of ether oxygens (including phenoxy) is 1. The molecule has 0 aliphatic heterocycles. The monoisotopic (exact) mass is 277 g/mol. The van der Waals surface area contributed by atoms with Crippen molar-refractivity contribution in [3.05, 3.63) is 46.2 Å². The Bertz CT molecular complexity index is 570. The van der Waals surface area contributed by atoms with Crippen LogP contribution in [0.2, 0.25) is 5.02 Å². The van der Waals surface area contributed by atoms with E-state index in [4.69, 9.17) is 16.3 Å². The summed E-state index contributed by atoms with van der Waals surface area (Å²) in [5.74, 6) is 2.08. The highest BCUT2D eigenvalue weighted by molar-refractivity contribution is 6.30. The molecule has 0 saturated carbocycles. The van der Waals surface area contributed by atoms with Crippen LogP contribution >= 0.6 is 11.6 Å². The van der Waals surface area contributed by atoms with E-state index in [0.29, 0.717) is 18.3 Å². The quantitative estimate of drug-likeness (QED) is 0.931. The summed E-state index contributed by atoms with van der Waals surface area (Å²) in [4.78, 5) is 8.61. The number of aryl methyl sites for hydroxylation is 1. The van der Waals surface area contributed by atoms with Crippen molar-refractivity contribution >= 4 is 17.4 Å². The zero-order valence-electron chi connectivity index (χ0n) is 11.2. The molecule has 100 valence electrons. The average Bonchev–Trinajstić information content (AvgIpc) is 2.41. The fraction of sp³-hybridized carbons (Fsp3) is 0.286. The van der Waals surface area contributed by atoms with E-state index in [2.05, 4.69) is 15.3 Å². The van der Waals surface area contributed by atoms with Gasteiger partial charge in [0.2, 0.25) is 5.88 Å². The van der Waals surface area contributed by atoms with Crippen molar-refractivity contribution in [1.82, 2.24) is 9.97 Å². The lowest BCUT2D eigenvalue weighted by Crippen LogP contribution is -2.05. The summed E-state index contributed by atoms with van der Waals surface area (Å²) in [7, 11) is 1.83. The molecule has 19 heavy (non-hydrogen) atoms. The third kappa shape index (κ3) is 3.35. The molecule has 5 heteroatoms. The van der Waals surface area contributed by atoms with Gasteiger partial charge in [-0.15, -0.1) is 0 Å². The summed E-state index contributed by atoms with van der Waals surface area (Å²) >= 11 is 5.84. The first-order chi connectivity index (χ1) is 9.10. The van der Waals surface area contributed by atoms with Crippen molar-refractivity contribution < 1.29 is 4.74 Å². The van der Waals surface area contributed by atoms with E-state index in [9.17, 15) is 0 Å². The number of nitrogens with one attached hydrogen (secondary N) is 1. The lowest BCUT2D eigenvalue weighted by molar-refractivity contribution is 0.290. The Morgan fingerprint density at radius 3 is 2.47 bits per heavy atom. The second kappa shape index (κ2) is 5.89. The minimum absolute atomic E-state index is 0.456. The second-order valence-electron chi connectivity index (χ2n) is 4.21. The number of benzene rings is 1. The predicted molar refractivity (Wildman–Crippen MR) is 76.8 cm³/mol. The number of rotatable bonds is 4. The third-order valence-electron chi connectivity index (χ3n) is 2.74. The number of hydrogen-bond acceptors (Lipinski definition) is 4. The normalized spacial score (nSPS) is 10.3. The third-order valence-corrected chi connectivity index (χ3v) is 2.99. The summed E-state index contributed by atoms with van der Waals surface area (Å²) in [6.45, 7) is 4.23. The molecule has 0 amide bonds. The SMILES string of the molecule is CNc1nc(C)nc(OCc2ccc(Cl)cc2)c1C. The zero-order chi connectivity index (χ0) is 13.8. The Balaban J connectivity index is 2.15. The van der Waals surface area contributed by atoms with Gasteiger partial charge >= 0.3 is 0 Å². The maximum absolute atomic E-state index is 5.84. The lowest BCUT2D eigenvalue weighted by atomic mass is 10.2. The smallest absolute Gasteiger partial charge is 0.222 e. The van der Waals surface area contributed by atoms with E-state index < -0.39 is 0 Å². The second-order valence-corrected chi connectivity index (χ2v) is 4.65. The van der Waals surface area contributed by atoms with Crippen LogP contribution in [0.1, 0.15) is 17.0 Å². The minimum atomic E-state index is 0.456. The number of hydrogen-bond donors (Lipinski definition) is 1. The van der Waals surface area contributed by atoms with E-state index in [1.54, 1.807) is 0 Å². The van der Waals surface area contributed by atoms with Crippen molar-refractivity contribution in [2.45, 2.75) is 20.5 Å². The molecular formula is C14H16ClN3O. The molecule has 0 saturated heterocycles. The standard InChI is InChI=1S/C14H16ClN3O/c1-9-13(16-3)17-10(2)18-14(9)19-8-11-4-6-12(15)7-5-11/h4-7H,8H2,1-3H3,(H,16,17,18).